The summed E-state index contributed by atoms with van der Waals surface area (Å²) in [7, 11) is 0. The Hall–Kier alpha value is -2.39. The van der Waals surface area contributed by atoms with E-state index in [1.54, 1.807) is 13.0 Å². The van der Waals surface area contributed by atoms with Gasteiger partial charge >= 0.3 is 0 Å². The van der Waals surface area contributed by atoms with Gasteiger partial charge in [-0.3, -0.25) is 4.79 Å². The monoisotopic (exact) mass is 310 g/mol. The van der Waals surface area contributed by atoms with Crippen molar-refractivity contribution in [1.29, 1.82) is 0 Å². The number of aromatic nitrogens is 1. The van der Waals surface area contributed by atoms with Gasteiger partial charge in [0.15, 0.2) is 5.78 Å². The molecular weight excluding hydrogens is 296 g/mol. The van der Waals surface area contributed by atoms with Gasteiger partial charge in [-0.2, -0.15) is 0 Å². The van der Waals surface area contributed by atoms with Crippen LogP contribution in [0.15, 0.2) is 54.6 Å². The lowest BCUT2D eigenvalue weighted by Crippen LogP contribution is -2.02. The first-order valence-corrected chi connectivity index (χ1v) is 7.40. The summed E-state index contributed by atoms with van der Waals surface area (Å²) in [6.07, 6.45) is 0. The van der Waals surface area contributed by atoms with Crippen LogP contribution in [0.4, 0.5) is 5.69 Å². The minimum absolute atomic E-state index is 0.0501. The first-order valence-electron chi connectivity index (χ1n) is 7.02. The van der Waals surface area contributed by atoms with E-state index in [9.17, 15) is 4.79 Å². The van der Waals surface area contributed by atoms with Crippen LogP contribution in [0.5, 0.6) is 0 Å². The Labute approximate surface area is 133 Å². The number of pyridine rings is 1. The summed E-state index contributed by atoms with van der Waals surface area (Å²) >= 11 is 6.25. The van der Waals surface area contributed by atoms with E-state index >= 15 is 0 Å². The minimum Gasteiger partial charge on any atom is -0.381 e. The largest absolute Gasteiger partial charge is 0.381 e. The first kappa shape index (κ1) is 14.5. The van der Waals surface area contributed by atoms with Crippen molar-refractivity contribution >= 4 is 34.0 Å². The van der Waals surface area contributed by atoms with Crippen LogP contribution in [-0.2, 0) is 6.54 Å². The molecule has 0 spiro atoms. The predicted octanol–water partition coefficient (Wildman–Crippen LogP) is 4.70. The molecular formula is C18H15ClN2O. The number of fused-ring (bicyclic) bond motifs is 1. The fourth-order valence-electron chi connectivity index (χ4n) is 2.31. The van der Waals surface area contributed by atoms with Crippen LogP contribution in [-0.4, -0.2) is 10.8 Å². The third kappa shape index (κ3) is 3.10. The molecule has 4 heteroatoms. The number of ketones is 1. The van der Waals surface area contributed by atoms with Gasteiger partial charge in [0, 0.05) is 28.7 Å². The lowest BCUT2D eigenvalue weighted by molar-refractivity contribution is 0.101. The van der Waals surface area contributed by atoms with Crippen LogP contribution < -0.4 is 5.32 Å². The Morgan fingerprint density at radius 2 is 1.95 bits per heavy atom. The summed E-state index contributed by atoms with van der Waals surface area (Å²) in [5.74, 6) is 0.0501. The van der Waals surface area contributed by atoms with E-state index in [1.807, 2.05) is 48.5 Å². The predicted molar refractivity (Wildman–Crippen MR) is 90.5 cm³/mol. The lowest BCUT2D eigenvalue weighted by atomic mass is 10.1. The average Bonchev–Trinajstić information content (AvgIpc) is 2.53. The van der Waals surface area contributed by atoms with Gasteiger partial charge in [0.2, 0.25) is 0 Å². The van der Waals surface area contributed by atoms with E-state index in [0.29, 0.717) is 17.3 Å². The molecule has 0 aliphatic heterocycles. The molecule has 2 aromatic carbocycles. The summed E-state index contributed by atoms with van der Waals surface area (Å²) in [6.45, 7) is 2.11. The Balaban J connectivity index is 1.83. The molecule has 0 unspecified atom stereocenters. The molecule has 0 saturated carbocycles. The maximum absolute atomic E-state index is 11.4. The molecule has 3 rings (SSSR count). The molecule has 0 amide bonds. The maximum atomic E-state index is 11.4. The number of nitrogens with one attached hydrogen (secondary N) is 1. The normalized spacial score (nSPS) is 10.6. The number of anilines is 1. The van der Waals surface area contributed by atoms with Gasteiger partial charge in [-0.1, -0.05) is 41.9 Å². The van der Waals surface area contributed by atoms with Gasteiger partial charge in [-0.05, 0) is 31.2 Å². The van der Waals surface area contributed by atoms with Gasteiger partial charge < -0.3 is 5.32 Å². The summed E-state index contributed by atoms with van der Waals surface area (Å²) in [4.78, 5) is 15.8. The Kier molecular flexibility index (Phi) is 4.07. The van der Waals surface area contributed by atoms with Crippen LogP contribution in [0.25, 0.3) is 10.9 Å². The second-order valence-corrected chi connectivity index (χ2v) is 5.48. The summed E-state index contributed by atoms with van der Waals surface area (Å²) in [5.41, 5.74) is 3.38. The third-order valence-electron chi connectivity index (χ3n) is 3.50. The zero-order valence-corrected chi connectivity index (χ0v) is 12.9. The molecule has 1 heterocycles. The van der Waals surface area contributed by atoms with Gasteiger partial charge in [-0.15, -0.1) is 0 Å². The molecule has 1 N–H and O–H groups in total. The molecule has 3 aromatic rings. The van der Waals surface area contributed by atoms with Gasteiger partial charge in [-0.25, -0.2) is 4.98 Å². The standard InChI is InChI=1S/C18H15ClN2O/c1-12(22)13-6-4-7-16(10-13)20-11-15-9-14-5-2-3-8-17(14)21-18(15)19/h2-10,20H,11H2,1H3. The second kappa shape index (κ2) is 6.16. The number of carbonyl (C=O) groups is 1. The van der Waals surface area contributed by atoms with Gasteiger partial charge in [0.25, 0.3) is 0 Å². The minimum atomic E-state index is 0.0501. The highest BCUT2D eigenvalue weighted by Crippen LogP contribution is 2.21. The number of nitrogens with zero attached hydrogens (tertiary/aromatic N) is 1. The highest BCUT2D eigenvalue weighted by atomic mass is 35.5. The van der Waals surface area contributed by atoms with E-state index < -0.39 is 0 Å². The van der Waals surface area contributed by atoms with E-state index in [1.165, 1.54) is 0 Å². The van der Waals surface area contributed by atoms with Gasteiger partial charge in [0.05, 0.1) is 5.52 Å². The van der Waals surface area contributed by atoms with E-state index in [2.05, 4.69) is 10.3 Å². The quantitative estimate of drug-likeness (QED) is 0.561. The van der Waals surface area contributed by atoms with Crippen molar-refractivity contribution < 1.29 is 4.79 Å². The molecule has 0 bridgehead atoms. The number of hydrogen-bond acceptors (Lipinski definition) is 3. The van der Waals surface area contributed by atoms with Crippen molar-refractivity contribution in [2.75, 3.05) is 5.32 Å². The molecule has 22 heavy (non-hydrogen) atoms. The van der Waals surface area contributed by atoms with E-state index in [-0.39, 0.29) is 5.78 Å². The smallest absolute Gasteiger partial charge is 0.159 e. The van der Waals surface area contributed by atoms with Crippen molar-refractivity contribution in [2.45, 2.75) is 13.5 Å². The Morgan fingerprint density at radius 1 is 1.14 bits per heavy atom. The van der Waals surface area contributed by atoms with Crippen molar-refractivity contribution in [2.24, 2.45) is 0 Å². The number of hydrogen-bond donors (Lipinski definition) is 1. The van der Waals surface area contributed by atoms with E-state index in [0.717, 1.165) is 22.2 Å². The third-order valence-corrected chi connectivity index (χ3v) is 3.83. The molecule has 110 valence electrons. The number of Topliss-reactive ketones (excluding diaryl/α,β-unsaturated/α-hetero) is 1. The van der Waals surface area contributed by atoms with Crippen LogP contribution in [0.1, 0.15) is 22.8 Å². The van der Waals surface area contributed by atoms with Crippen molar-refractivity contribution in [3.8, 4) is 0 Å². The highest BCUT2D eigenvalue weighted by molar-refractivity contribution is 6.30. The zero-order valence-electron chi connectivity index (χ0n) is 12.1. The van der Waals surface area contributed by atoms with Crippen LogP contribution >= 0.6 is 11.6 Å². The average molecular weight is 311 g/mol. The first-order chi connectivity index (χ1) is 10.6. The second-order valence-electron chi connectivity index (χ2n) is 5.12. The van der Waals surface area contributed by atoms with Crippen molar-refractivity contribution in [3.05, 3.63) is 70.9 Å². The summed E-state index contributed by atoms with van der Waals surface area (Å²) in [6, 6.07) is 17.3. The molecule has 0 saturated heterocycles. The molecule has 0 radical (unpaired) electrons. The number of para-hydroxylation sites is 1. The lowest BCUT2D eigenvalue weighted by Gasteiger charge is -2.10. The molecule has 0 aliphatic rings. The Bertz CT molecular complexity index is 845. The van der Waals surface area contributed by atoms with Gasteiger partial charge in [0.1, 0.15) is 5.15 Å². The fourth-order valence-corrected chi connectivity index (χ4v) is 2.52. The van der Waals surface area contributed by atoms with Crippen LogP contribution in [0.3, 0.4) is 0 Å². The highest BCUT2D eigenvalue weighted by Gasteiger charge is 2.05. The summed E-state index contributed by atoms with van der Waals surface area (Å²) in [5, 5.41) is 4.84. The molecule has 1 aromatic heterocycles. The number of halogens is 1. The number of rotatable bonds is 4. The zero-order chi connectivity index (χ0) is 15.5. The SMILES string of the molecule is CC(=O)c1cccc(NCc2cc3ccccc3nc2Cl)c1. The molecule has 0 aliphatic carbocycles. The molecule has 0 fully saturated rings. The van der Waals surface area contributed by atoms with E-state index in [4.69, 9.17) is 11.6 Å². The summed E-state index contributed by atoms with van der Waals surface area (Å²) < 4.78 is 0. The Morgan fingerprint density at radius 3 is 2.77 bits per heavy atom. The number of benzene rings is 2. The van der Waals surface area contributed by atoms with Crippen molar-refractivity contribution in [3.63, 3.8) is 0 Å². The molecule has 0 atom stereocenters. The maximum Gasteiger partial charge on any atom is 0.159 e. The fraction of sp³-hybridized carbons (Fsp3) is 0.111. The van der Waals surface area contributed by atoms with Crippen LogP contribution in [0.2, 0.25) is 5.15 Å². The molecule has 3 nitrogen and oxygen atoms in total. The topological polar surface area (TPSA) is 42.0 Å². The van der Waals surface area contributed by atoms with Crippen LogP contribution in [0, 0.1) is 0 Å². The van der Waals surface area contributed by atoms with Crippen molar-refractivity contribution in [1.82, 2.24) is 4.98 Å². The number of carbonyl (C=O) groups excluding carboxylic acids is 1.